The molecule has 0 saturated heterocycles. The predicted octanol–water partition coefficient (Wildman–Crippen LogP) is 1.65. The van der Waals surface area contributed by atoms with E-state index in [-0.39, 0.29) is 37.7 Å². The highest BCUT2D eigenvalue weighted by Crippen LogP contribution is 2.47. The van der Waals surface area contributed by atoms with E-state index in [1.54, 1.807) is 0 Å². The Hall–Kier alpha value is -1.05. The van der Waals surface area contributed by atoms with Crippen LogP contribution in [0.1, 0.15) is 38.5 Å². The number of hydrogen-bond acceptors (Lipinski definition) is 10. The predicted molar refractivity (Wildman–Crippen MR) is 129 cm³/mol. The number of esters is 3. The molecule has 33 heavy (non-hydrogen) atoms. The first-order chi connectivity index (χ1) is 15.7. The highest BCUT2D eigenvalue weighted by molar-refractivity contribution is 7.63. The first-order valence-electron chi connectivity index (χ1n) is 11.0. The molecular formula is C21H42O10P2. The van der Waals surface area contributed by atoms with Crippen LogP contribution >= 0.6 is 15.1 Å². The molecular weight excluding hydrogens is 474 g/mol. The smallest absolute Gasteiger partial charge is 0.305 e. The number of hydrogen-bond donors (Lipinski definition) is 3. The second-order valence-electron chi connectivity index (χ2n) is 7.28. The fraction of sp³-hybridized carbons (Fsp3) is 0.857. The van der Waals surface area contributed by atoms with E-state index in [2.05, 4.69) is 14.2 Å². The van der Waals surface area contributed by atoms with Crippen molar-refractivity contribution in [3.63, 3.8) is 0 Å². The summed E-state index contributed by atoms with van der Waals surface area (Å²) < 4.78 is 25.9. The van der Waals surface area contributed by atoms with Crippen molar-refractivity contribution >= 4 is 33.0 Å². The Morgan fingerprint density at radius 3 is 1.12 bits per heavy atom. The maximum atomic E-state index is 12.2. The Morgan fingerprint density at radius 2 is 0.909 bits per heavy atom. The summed E-state index contributed by atoms with van der Waals surface area (Å²) in [6, 6.07) is 0. The maximum Gasteiger partial charge on any atom is 0.305 e. The number of rotatable bonds is 18. The molecule has 0 saturated carbocycles. The van der Waals surface area contributed by atoms with Crippen molar-refractivity contribution in [3.8, 4) is 0 Å². The van der Waals surface area contributed by atoms with Gasteiger partial charge in [0, 0.05) is 57.6 Å². The van der Waals surface area contributed by atoms with E-state index in [0.29, 0.717) is 75.5 Å². The van der Waals surface area contributed by atoms with Crippen molar-refractivity contribution in [3.05, 3.63) is 0 Å². The maximum absolute atomic E-state index is 12.2. The van der Waals surface area contributed by atoms with Gasteiger partial charge in [0.05, 0.1) is 28.5 Å². The van der Waals surface area contributed by atoms with Crippen LogP contribution in [0.3, 0.4) is 0 Å². The van der Waals surface area contributed by atoms with E-state index >= 15 is 0 Å². The number of aliphatic hydroxyl groups is 3. The van der Waals surface area contributed by atoms with Gasteiger partial charge in [0.1, 0.15) is 0 Å². The third kappa shape index (κ3) is 21.2. The van der Waals surface area contributed by atoms with E-state index in [1.807, 2.05) is 0 Å². The van der Waals surface area contributed by atoms with Crippen LogP contribution in [0.15, 0.2) is 0 Å². The summed E-state index contributed by atoms with van der Waals surface area (Å²) in [5, 5.41) is 26.0. The Kier molecular flexibility index (Phi) is 23.5. The van der Waals surface area contributed by atoms with Crippen LogP contribution in [0.2, 0.25) is 0 Å². The number of aliphatic hydroxyl groups excluding tert-OH is 3. The van der Waals surface area contributed by atoms with Gasteiger partial charge in [-0.3, -0.25) is 14.4 Å². The van der Waals surface area contributed by atoms with Crippen molar-refractivity contribution in [2.75, 3.05) is 78.1 Å². The molecule has 3 N–H and O–H groups in total. The fourth-order valence-corrected chi connectivity index (χ4v) is 7.79. The van der Waals surface area contributed by atoms with Gasteiger partial charge >= 0.3 is 17.9 Å². The number of carbonyl (C=O) groups excluding carboxylic acids is 3. The molecule has 12 heteroatoms. The minimum atomic E-state index is -2.25. The van der Waals surface area contributed by atoms with Gasteiger partial charge in [0.25, 0.3) is 0 Å². The Morgan fingerprint density at radius 1 is 0.636 bits per heavy atom. The number of methoxy groups -OCH3 is 3. The highest BCUT2D eigenvalue weighted by atomic mass is 31.2. The standard InChI is InChI=1S/C12H21O6P.C9H21O4P/c1-16-10(13)4-7-19(8-5-11(14)17-2)9-6-12(15)18-3;10-4-1-7-14(13,8-2-5-11)9-3-6-12/h4-9H2,1-3H3;10-12H,1-9H2. The van der Waals surface area contributed by atoms with E-state index in [4.69, 9.17) is 15.3 Å². The van der Waals surface area contributed by atoms with Crippen LogP contribution in [0.25, 0.3) is 0 Å². The lowest BCUT2D eigenvalue weighted by molar-refractivity contribution is -0.140. The van der Waals surface area contributed by atoms with Crippen LogP contribution in [0, 0.1) is 0 Å². The highest BCUT2D eigenvalue weighted by Gasteiger charge is 2.20. The minimum Gasteiger partial charge on any atom is -0.469 e. The molecule has 0 spiro atoms. The van der Waals surface area contributed by atoms with Crippen LogP contribution in [-0.2, 0) is 33.2 Å². The van der Waals surface area contributed by atoms with E-state index in [0.717, 1.165) is 0 Å². The lowest BCUT2D eigenvalue weighted by Crippen LogP contribution is -2.10. The van der Waals surface area contributed by atoms with E-state index in [9.17, 15) is 18.9 Å². The zero-order valence-corrected chi connectivity index (χ0v) is 22.0. The van der Waals surface area contributed by atoms with Crippen molar-refractivity contribution in [2.24, 2.45) is 0 Å². The SMILES string of the molecule is COC(=O)CCP(CCC(=O)OC)CCC(=O)OC.O=P(CCCO)(CCCO)CCCO. The average molecular weight is 517 g/mol. The van der Waals surface area contributed by atoms with Gasteiger partial charge in [-0.25, -0.2) is 0 Å². The van der Waals surface area contributed by atoms with Crippen molar-refractivity contribution in [1.29, 1.82) is 0 Å². The summed E-state index contributed by atoms with van der Waals surface area (Å²) in [6.07, 6.45) is 6.12. The largest absolute Gasteiger partial charge is 0.469 e. The quantitative estimate of drug-likeness (QED) is 0.139. The molecule has 0 fully saturated rings. The summed E-state index contributed by atoms with van der Waals surface area (Å²) in [5.41, 5.74) is 0. The van der Waals surface area contributed by atoms with Gasteiger partial charge in [0.15, 0.2) is 0 Å². The summed E-state index contributed by atoms with van der Waals surface area (Å²) in [5.74, 6) is -0.823. The van der Waals surface area contributed by atoms with Gasteiger partial charge in [-0.2, -0.15) is 0 Å². The average Bonchev–Trinajstić information content (AvgIpc) is 2.84. The summed E-state index contributed by atoms with van der Waals surface area (Å²) >= 11 is 0. The lowest BCUT2D eigenvalue weighted by atomic mass is 10.5. The van der Waals surface area contributed by atoms with Crippen LogP contribution in [0.5, 0.6) is 0 Å². The van der Waals surface area contributed by atoms with E-state index in [1.165, 1.54) is 21.3 Å². The number of ether oxygens (including phenoxy) is 3. The van der Waals surface area contributed by atoms with Crippen LogP contribution in [-0.4, -0.2) is 111 Å². The molecule has 0 radical (unpaired) electrons. The molecule has 0 heterocycles. The first-order valence-corrected chi connectivity index (χ1v) is 15.2. The van der Waals surface area contributed by atoms with Crippen molar-refractivity contribution < 1.29 is 48.5 Å². The molecule has 0 amide bonds. The van der Waals surface area contributed by atoms with Crippen molar-refractivity contribution in [1.82, 2.24) is 0 Å². The van der Waals surface area contributed by atoms with Gasteiger partial charge < -0.3 is 34.1 Å². The third-order valence-electron chi connectivity index (χ3n) is 4.75. The summed E-state index contributed by atoms with van der Waals surface area (Å²) in [4.78, 5) is 33.3. The van der Waals surface area contributed by atoms with Gasteiger partial charge in [-0.15, -0.1) is 7.92 Å². The van der Waals surface area contributed by atoms with E-state index < -0.39 is 15.1 Å². The monoisotopic (exact) mass is 516 g/mol. The third-order valence-corrected chi connectivity index (χ3v) is 10.7. The van der Waals surface area contributed by atoms with Gasteiger partial charge in [0.2, 0.25) is 0 Å². The van der Waals surface area contributed by atoms with Gasteiger partial charge in [-0.1, -0.05) is 0 Å². The molecule has 0 aliphatic heterocycles. The summed E-state index contributed by atoms with van der Waals surface area (Å²) in [6.45, 7) is 0.173. The van der Waals surface area contributed by atoms with Gasteiger partial charge in [-0.05, 0) is 37.7 Å². The molecule has 0 rings (SSSR count). The Bertz CT molecular complexity index is 495. The molecule has 0 unspecified atom stereocenters. The van der Waals surface area contributed by atoms with Crippen LogP contribution < -0.4 is 0 Å². The molecule has 10 nitrogen and oxygen atoms in total. The molecule has 196 valence electrons. The Balaban J connectivity index is 0. The first kappa shape index (κ1) is 34.1. The molecule has 0 aliphatic carbocycles. The second kappa shape index (κ2) is 22.7. The topological polar surface area (TPSA) is 157 Å². The summed E-state index contributed by atoms with van der Waals surface area (Å²) in [7, 11) is 1.20. The second-order valence-corrected chi connectivity index (χ2v) is 13.4. The number of carbonyl (C=O) groups is 3. The molecule has 0 aliphatic rings. The fourth-order valence-electron chi connectivity index (χ4n) is 2.80. The zero-order valence-electron chi connectivity index (χ0n) is 20.2. The molecule has 0 bridgehead atoms. The zero-order chi connectivity index (χ0) is 25.5. The lowest BCUT2D eigenvalue weighted by Gasteiger charge is -2.16. The molecule has 0 aromatic heterocycles. The van der Waals surface area contributed by atoms with Crippen LogP contribution in [0.4, 0.5) is 0 Å². The normalized spacial score (nSPS) is 10.9. The molecule has 0 aromatic rings. The van der Waals surface area contributed by atoms with Crippen molar-refractivity contribution in [2.45, 2.75) is 38.5 Å². The Labute approximate surface area is 198 Å². The molecule has 0 atom stereocenters. The molecule has 0 aromatic carbocycles. The minimum absolute atomic E-state index is 0.0578.